The van der Waals surface area contributed by atoms with Gasteiger partial charge in [-0.15, -0.1) is 23.5 Å². The van der Waals surface area contributed by atoms with Gasteiger partial charge in [0.25, 0.3) is 5.91 Å². The van der Waals surface area contributed by atoms with Gasteiger partial charge < -0.3 is 14.2 Å². The molecule has 0 unspecified atom stereocenters. The molecule has 1 N–H and O–H groups in total. The van der Waals surface area contributed by atoms with Crippen molar-refractivity contribution in [3.8, 4) is 17.2 Å². The molecule has 6 nitrogen and oxygen atoms in total. The lowest BCUT2D eigenvalue weighted by Gasteiger charge is -2.13. The highest BCUT2D eigenvalue weighted by Gasteiger charge is 2.18. The summed E-state index contributed by atoms with van der Waals surface area (Å²) in [5.41, 5.74) is 5.55. The summed E-state index contributed by atoms with van der Waals surface area (Å²) in [7, 11) is 1.58. The van der Waals surface area contributed by atoms with E-state index in [0.29, 0.717) is 28.4 Å². The number of nitrogens with zero attached hydrogens (tertiary/aromatic N) is 1. The summed E-state index contributed by atoms with van der Waals surface area (Å²) < 4.78 is 18.2. The third-order valence-corrected chi connectivity index (χ3v) is 8.72. The molecule has 9 heteroatoms. The number of thioether (sulfide) groups is 2. The number of hydrogen-bond acceptors (Lipinski definition) is 7. The van der Waals surface area contributed by atoms with E-state index >= 15 is 0 Å². The number of amides is 1. The van der Waals surface area contributed by atoms with Gasteiger partial charge in [-0.3, -0.25) is 4.79 Å². The number of rotatable bonds is 10. The second-order valence-electron chi connectivity index (χ2n) is 7.53. The first-order chi connectivity index (χ1) is 17.1. The lowest BCUT2D eigenvalue weighted by atomic mass is 10.2. The van der Waals surface area contributed by atoms with E-state index in [1.54, 1.807) is 13.2 Å². The van der Waals surface area contributed by atoms with Crippen molar-refractivity contribution in [3.63, 3.8) is 0 Å². The van der Waals surface area contributed by atoms with Crippen molar-refractivity contribution >= 4 is 51.6 Å². The first-order valence-electron chi connectivity index (χ1n) is 10.9. The van der Waals surface area contributed by atoms with Crippen molar-refractivity contribution in [1.29, 1.82) is 0 Å². The van der Waals surface area contributed by atoms with E-state index in [2.05, 4.69) is 38.6 Å². The Bertz CT molecular complexity index is 1150. The Hall–Kier alpha value is -2.62. The van der Waals surface area contributed by atoms with Crippen molar-refractivity contribution in [3.05, 3.63) is 87.9 Å². The maximum Gasteiger partial charge on any atom is 0.277 e. The smallest absolute Gasteiger partial charge is 0.277 e. The molecule has 1 aliphatic heterocycles. The molecule has 1 heterocycles. The van der Waals surface area contributed by atoms with Crippen LogP contribution in [0.4, 0.5) is 0 Å². The molecule has 3 aromatic rings. The minimum Gasteiger partial charge on any atom is -0.493 e. The number of hydrogen-bond donors (Lipinski definition) is 1. The Morgan fingerprint density at radius 1 is 1.09 bits per heavy atom. The van der Waals surface area contributed by atoms with Crippen LogP contribution in [0.1, 0.15) is 21.3 Å². The number of nitrogens with one attached hydrogen (secondary N) is 1. The average Bonchev–Trinajstić information content (AvgIpc) is 3.42. The second kappa shape index (κ2) is 12.9. The van der Waals surface area contributed by atoms with Gasteiger partial charge in [0.05, 0.1) is 22.4 Å². The molecule has 0 atom stereocenters. The fourth-order valence-corrected chi connectivity index (χ4v) is 6.75. The zero-order valence-electron chi connectivity index (χ0n) is 19.1. The van der Waals surface area contributed by atoms with Crippen LogP contribution in [0.3, 0.4) is 0 Å². The van der Waals surface area contributed by atoms with Crippen LogP contribution < -0.4 is 19.6 Å². The molecule has 1 fully saturated rings. The summed E-state index contributed by atoms with van der Waals surface area (Å²) in [6, 6.07) is 21.4. The Labute approximate surface area is 221 Å². The summed E-state index contributed by atoms with van der Waals surface area (Å²) in [5.74, 6) is 3.84. The van der Waals surface area contributed by atoms with Gasteiger partial charge in [-0.1, -0.05) is 42.5 Å². The standard InChI is InChI=1S/C26H25BrN2O4S2/c1-31-23-14-19(13-22(27)25(23)33-16-18-5-3-2-4-6-18)15-28-29-24(30)17-32-21-9-7-20(8-10-21)26-34-11-12-35-26/h2-10,13-15,26H,11-12,16-17H2,1H3,(H,29,30)/b28-15-. The third-order valence-electron chi connectivity index (χ3n) is 5.02. The molecule has 3 aromatic carbocycles. The first-order valence-corrected chi connectivity index (χ1v) is 13.8. The van der Waals surface area contributed by atoms with Gasteiger partial charge in [-0.2, -0.15) is 5.10 Å². The Morgan fingerprint density at radius 3 is 2.54 bits per heavy atom. The zero-order chi connectivity index (χ0) is 24.5. The summed E-state index contributed by atoms with van der Waals surface area (Å²) in [6.07, 6.45) is 1.54. The average molecular weight is 574 g/mol. The maximum atomic E-state index is 12.1. The number of carbonyl (C=O) groups excluding carboxylic acids is 1. The van der Waals surface area contributed by atoms with Crippen molar-refractivity contribution < 1.29 is 19.0 Å². The normalized spacial score (nSPS) is 13.7. The van der Waals surface area contributed by atoms with Crippen LogP contribution in [0, 0.1) is 0 Å². The van der Waals surface area contributed by atoms with E-state index in [1.165, 1.54) is 23.3 Å². The number of carbonyl (C=O) groups is 1. The van der Waals surface area contributed by atoms with Gasteiger partial charge in [0, 0.05) is 11.5 Å². The van der Waals surface area contributed by atoms with Crippen molar-refractivity contribution in [2.24, 2.45) is 5.10 Å². The van der Waals surface area contributed by atoms with Gasteiger partial charge >= 0.3 is 0 Å². The largest absolute Gasteiger partial charge is 0.493 e. The van der Waals surface area contributed by atoms with Crippen LogP contribution in [0.2, 0.25) is 0 Å². The quantitative estimate of drug-likeness (QED) is 0.236. The Balaban J connectivity index is 1.27. The zero-order valence-corrected chi connectivity index (χ0v) is 22.3. The van der Waals surface area contributed by atoms with Crippen LogP contribution in [-0.2, 0) is 11.4 Å². The molecule has 0 aliphatic carbocycles. The van der Waals surface area contributed by atoms with Gasteiger partial charge in [0.2, 0.25) is 0 Å². The van der Waals surface area contributed by atoms with E-state index in [1.807, 2.05) is 72.1 Å². The molecule has 1 saturated heterocycles. The lowest BCUT2D eigenvalue weighted by Crippen LogP contribution is -2.24. The summed E-state index contributed by atoms with van der Waals surface area (Å²) in [4.78, 5) is 12.1. The maximum absolute atomic E-state index is 12.1. The van der Waals surface area contributed by atoms with Gasteiger partial charge in [0.15, 0.2) is 18.1 Å². The highest BCUT2D eigenvalue weighted by Crippen LogP contribution is 2.45. The lowest BCUT2D eigenvalue weighted by molar-refractivity contribution is -0.123. The minimum atomic E-state index is -0.346. The molecule has 1 amide bonds. The highest BCUT2D eigenvalue weighted by atomic mass is 79.9. The molecule has 1 aliphatic rings. The molecular weight excluding hydrogens is 548 g/mol. The van der Waals surface area contributed by atoms with Crippen LogP contribution in [0.5, 0.6) is 17.2 Å². The molecule has 0 spiro atoms. The van der Waals surface area contributed by atoms with E-state index in [-0.39, 0.29) is 12.5 Å². The molecule has 4 rings (SSSR count). The van der Waals surface area contributed by atoms with E-state index in [4.69, 9.17) is 14.2 Å². The van der Waals surface area contributed by atoms with Gasteiger partial charge in [-0.25, -0.2) is 5.43 Å². The topological polar surface area (TPSA) is 69.2 Å². The van der Waals surface area contributed by atoms with E-state index < -0.39 is 0 Å². The first kappa shape index (κ1) is 25.5. The molecular formula is C26H25BrN2O4S2. The van der Waals surface area contributed by atoms with E-state index in [0.717, 1.165) is 15.6 Å². The minimum absolute atomic E-state index is 0.122. The number of halogens is 1. The molecule has 0 aromatic heterocycles. The summed E-state index contributed by atoms with van der Waals surface area (Å²) >= 11 is 7.45. The SMILES string of the molecule is COc1cc(/C=N\NC(=O)COc2ccc(C3SCCS3)cc2)cc(Br)c1OCc1ccccc1. The van der Waals surface area contributed by atoms with Crippen molar-refractivity contribution in [2.75, 3.05) is 25.2 Å². The summed E-state index contributed by atoms with van der Waals surface area (Å²) in [5, 5.41) is 4.03. The Morgan fingerprint density at radius 2 is 1.83 bits per heavy atom. The molecule has 182 valence electrons. The predicted molar refractivity (Wildman–Crippen MR) is 147 cm³/mol. The number of benzene rings is 3. The predicted octanol–water partition coefficient (Wildman–Crippen LogP) is 6.04. The summed E-state index contributed by atoms with van der Waals surface area (Å²) in [6.45, 7) is 0.295. The second-order valence-corrected chi connectivity index (χ2v) is 11.1. The Kier molecular flexibility index (Phi) is 9.39. The van der Waals surface area contributed by atoms with Crippen LogP contribution in [0.15, 0.2) is 76.3 Å². The van der Waals surface area contributed by atoms with Crippen LogP contribution in [0.25, 0.3) is 0 Å². The molecule has 0 bridgehead atoms. The van der Waals surface area contributed by atoms with Crippen molar-refractivity contribution in [1.82, 2.24) is 5.43 Å². The van der Waals surface area contributed by atoms with Crippen molar-refractivity contribution in [2.45, 2.75) is 11.2 Å². The third kappa shape index (κ3) is 7.43. The number of ether oxygens (including phenoxy) is 3. The molecule has 0 radical (unpaired) electrons. The fourth-order valence-electron chi connectivity index (χ4n) is 3.32. The van der Waals surface area contributed by atoms with Crippen LogP contribution >= 0.6 is 39.5 Å². The fraction of sp³-hybridized carbons (Fsp3) is 0.231. The van der Waals surface area contributed by atoms with Crippen LogP contribution in [-0.4, -0.2) is 37.3 Å². The van der Waals surface area contributed by atoms with Gasteiger partial charge in [0.1, 0.15) is 12.4 Å². The monoisotopic (exact) mass is 572 g/mol. The molecule has 0 saturated carbocycles. The highest BCUT2D eigenvalue weighted by molar-refractivity contribution is 9.10. The molecule has 35 heavy (non-hydrogen) atoms. The number of hydrazone groups is 1. The van der Waals surface area contributed by atoms with E-state index in [9.17, 15) is 4.79 Å². The number of methoxy groups -OCH3 is 1. The van der Waals surface area contributed by atoms with Gasteiger partial charge in [-0.05, 0) is 56.9 Å².